The lowest BCUT2D eigenvalue weighted by molar-refractivity contribution is -0.137. The van der Waals surface area contributed by atoms with Crippen LogP contribution in [0.1, 0.15) is 43.1 Å². The lowest BCUT2D eigenvalue weighted by Gasteiger charge is -2.36. The van der Waals surface area contributed by atoms with Crippen molar-refractivity contribution in [2.24, 2.45) is 5.73 Å². The Balaban J connectivity index is 1.65. The summed E-state index contributed by atoms with van der Waals surface area (Å²) < 4.78 is 1.84. The lowest BCUT2D eigenvalue weighted by Crippen LogP contribution is -2.53. The van der Waals surface area contributed by atoms with E-state index in [1.807, 2.05) is 27.8 Å². The molecule has 1 saturated heterocycles. The molecule has 2 aromatic rings. The summed E-state index contributed by atoms with van der Waals surface area (Å²) in [4.78, 5) is 26.5. The number of amides is 2. The van der Waals surface area contributed by atoms with Crippen molar-refractivity contribution in [3.05, 3.63) is 48.2 Å². The number of nitrogens with two attached hydrogens (primary N) is 1. The third-order valence-electron chi connectivity index (χ3n) is 4.60. The molecule has 0 spiro atoms. The summed E-state index contributed by atoms with van der Waals surface area (Å²) in [6.07, 6.45) is 3.23. The molecule has 0 radical (unpaired) electrons. The van der Waals surface area contributed by atoms with E-state index < -0.39 is 5.54 Å². The minimum atomic E-state index is -0.854. The molecule has 1 aromatic carbocycles. The van der Waals surface area contributed by atoms with E-state index in [-0.39, 0.29) is 17.9 Å². The number of hydrogen-bond acceptors (Lipinski definition) is 4. The Hall–Kier alpha value is -2.67. The van der Waals surface area contributed by atoms with E-state index in [1.165, 1.54) is 0 Å². The number of nitrogens with zero attached hydrogens (tertiary/aromatic N) is 3. The van der Waals surface area contributed by atoms with Gasteiger partial charge in [-0.25, -0.2) is 4.68 Å². The molecule has 3 rings (SSSR count). The zero-order valence-corrected chi connectivity index (χ0v) is 15.2. The number of likely N-dealkylation sites (tertiary alicyclic amines) is 1. The average molecular weight is 355 g/mol. The van der Waals surface area contributed by atoms with Crippen LogP contribution in [0.3, 0.4) is 0 Å². The summed E-state index contributed by atoms with van der Waals surface area (Å²) in [6.45, 7) is 4.73. The van der Waals surface area contributed by atoms with Gasteiger partial charge in [0, 0.05) is 24.7 Å². The number of rotatable bonds is 4. The summed E-state index contributed by atoms with van der Waals surface area (Å²) in [5.74, 6) is 0.474. The molecule has 0 unspecified atom stereocenters. The quantitative estimate of drug-likeness (QED) is 0.878. The van der Waals surface area contributed by atoms with Crippen LogP contribution in [-0.4, -0.2) is 45.1 Å². The minimum absolute atomic E-state index is 0.0333. The number of hydrogen-bond donors (Lipinski definition) is 2. The van der Waals surface area contributed by atoms with Crippen molar-refractivity contribution in [1.82, 2.24) is 14.7 Å². The molecular weight excluding hydrogens is 330 g/mol. The van der Waals surface area contributed by atoms with Gasteiger partial charge in [0.15, 0.2) is 0 Å². The molecule has 1 fully saturated rings. The fourth-order valence-corrected chi connectivity index (χ4v) is 3.20. The predicted octanol–water partition coefficient (Wildman–Crippen LogP) is 2.04. The topological polar surface area (TPSA) is 93.2 Å². The third kappa shape index (κ3) is 3.94. The minimum Gasteiger partial charge on any atom is -0.341 e. The molecule has 138 valence electrons. The second-order valence-electron chi connectivity index (χ2n) is 7.23. The Morgan fingerprint density at radius 3 is 2.42 bits per heavy atom. The summed E-state index contributed by atoms with van der Waals surface area (Å²) in [5.41, 5.74) is 5.67. The number of benzene rings is 1. The van der Waals surface area contributed by atoms with Crippen molar-refractivity contribution < 1.29 is 9.59 Å². The maximum Gasteiger partial charge on any atom is 0.256 e. The van der Waals surface area contributed by atoms with E-state index in [9.17, 15) is 9.59 Å². The Bertz CT molecular complexity index is 771. The number of piperidine rings is 1. The highest BCUT2D eigenvalue weighted by atomic mass is 16.2. The molecule has 0 bridgehead atoms. The molecule has 1 aliphatic rings. The summed E-state index contributed by atoms with van der Waals surface area (Å²) >= 11 is 0. The van der Waals surface area contributed by atoms with E-state index in [0.29, 0.717) is 24.5 Å². The van der Waals surface area contributed by atoms with Crippen LogP contribution in [0.2, 0.25) is 0 Å². The van der Waals surface area contributed by atoms with Crippen LogP contribution in [0.4, 0.5) is 5.82 Å². The fourth-order valence-electron chi connectivity index (χ4n) is 3.20. The molecule has 0 atom stereocenters. The van der Waals surface area contributed by atoms with Crippen molar-refractivity contribution in [3.8, 4) is 0 Å². The molecule has 26 heavy (non-hydrogen) atoms. The average Bonchev–Trinajstić information content (AvgIpc) is 3.09. The first kappa shape index (κ1) is 18.1. The van der Waals surface area contributed by atoms with Gasteiger partial charge in [-0.1, -0.05) is 18.2 Å². The molecule has 3 N–H and O–H groups in total. The van der Waals surface area contributed by atoms with Crippen LogP contribution in [-0.2, 0) is 4.79 Å². The highest BCUT2D eigenvalue weighted by Gasteiger charge is 2.32. The SMILES string of the molecule is CC(C)(N)C(=O)N1CCC(n2nccc2NC(=O)c2ccccc2)CC1. The van der Waals surface area contributed by atoms with Crippen LogP contribution in [0, 0.1) is 0 Å². The molecule has 7 heteroatoms. The van der Waals surface area contributed by atoms with Gasteiger partial charge in [-0.3, -0.25) is 9.59 Å². The maximum absolute atomic E-state index is 12.4. The van der Waals surface area contributed by atoms with Gasteiger partial charge >= 0.3 is 0 Å². The van der Waals surface area contributed by atoms with Gasteiger partial charge in [-0.15, -0.1) is 0 Å². The molecule has 2 amide bonds. The largest absolute Gasteiger partial charge is 0.341 e. The molecule has 0 saturated carbocycles. The molecular formula is C19H25N5O2. The Labute approximate surface area is 153 Å². The Morgan fingerprint density at radius 1 is 1.15 bits per heavy atom. The van der Waals surface area contributed by atoms with Crippen molar-refractivity contribution in [2.45, 2.75) is 38.3 Å². The molecule has 0 aliphatic carbocycles. The van der Waals surface area contributed by atoms with Gasteiger partial charge in [0.2, 0.25) is 5.91 Å². The van der Waals surface area contributed by atoms with Crippen LogP contribution in [0.5, 0.6) is 0 Å². The van der Waals surface area contributed by atoms with Gasteiger partial charge < -0.3 is 16.0 Å². The van der Waals surface area contributed by atoms with E-state index >= 15 is 0 Å². The molecule has 2 heterocycles. The zero-order chi connectivity index (χ0) is 18.7. The van der Waals surface area contributed by atoms with Gasteiger partial charge in [0.05, 0.1) is 17.8 Å². The molecule has 7 nitrogen and oxygen atoms in total. The first-order chi connectivity index (χ1) is 12.4. The second-order valence-corrected chi connectivity index (χ2v) is 7.23. The summed E-state index contributed by atoms with van der Waals surface area (Å²) in [6, 6.07) is 11.0. The van der Waals surface area contributed by atoms with Crippen molar-refractivity contribution in [2.75, 3.05) is 18.4 Å². The van der Waals surface area contributed by atoms with Crippen molar-refractivity contribution in [1.29, 1.82) is 0 Å². The standard InChI is InChI=1S/C19H25N5O2/c1-19(2,20)18(26)23-12-9-15(10-13-23)24-16(8-11-21-24)22-17(25)14-6-4-3-5-7-14/h3-8,11,15H,9-10,12-13,20H2,1-2H3,(H,22,25). The van der Waals surface area contributed by atoms with E-state index in [2.05, 4.69) is 10.4 Å². The van der Waals surface area contributed by atoms with Crippen molar-refractivity contribution in [3.63, 3.8) is 0 Å². The van der Waals surface area contributed by atoms with Gasteiger partial charge in [-0.2, -0.15) is 5.10 Å². The normalized spacial score (nSPS) is 15.7. The Morgan fingerprint density at radius 2 is 1.81 bits per heavy atom. The van der Waals surface area contributed by atoms with Crippen LogP contribution >= 0.6 is 0 Å². The van der Waals surface area contributed by atoms with Crippen LogP contribution in [0.15, 0.2) is 42.6 Å². The number of nitrogens with one attached hydrogen (secondary N) is 1. The van der Waals surface area contributed by atoms with E-state index in [1.54, 1.807) is 38.2 Å². The van der Waals surface area contributed by atoms with Crippen LogP contribution < -0.4 is 11.1 Å². The molecule has 1 aliphatic heterocycles. The summed E-state index contributed by atoms with van der Waals surface area (Å²) in [5, 5.41) is 7.30. The highest BCUT2D eigenvalue weighted by Crippen LogP contribution is 2.26. The highest BCUT2D eigenvalue weighted by molar-refractivity contribution is 6.03. The summed E-state index contributed by atoms with van der Waals surface area (Å²) in [7, 11) is 0. The monoisotopic (exact) mass is 355 g/mol. The lowest BCUT2D eigenvalue weighted by atomic mass is 10.0. The number of carbonyl (C=O) groups is 2. The van der Waals surface area contributed by atoms with E-state index in [4.69, 9.17) is 5.73 Å². The van der Waals surface area contributed by atoms with Gasteiger partial charge in [0.25, 0.3) is 5.91 Å². The molecule has 1 aromatic heterocycles. The first-order valence-electron chi connectivity index (χ1n) is 8.84. The van der Waals surface area contributed by atoms with Crippen molar-refractivity contribution >= 4 is 17.6 Å². The van der Waals surface area contributed by atoms with Crippen LogP contribution in [0.25, 0.3) is 0 Å². The van der Waals surface area contributed by atoms with Gasteiger partial charge in [0.1, 0.15) is 5.82 Å². The first-order valence-corrected chi connectivity index (χ1v) is 8.84. The smallest absolute Gasteiger partial charge is 0.256 e. The second kappa shape index (κ2) is 7.29. The number of carbonyl (C=O) groups excluding carboxylic acids is 2. The third-order valence-corrected chi connectivity index (χ3v) is 4.60. The maximum atomic E-state index is 12.4. The number of anilines is 1. The van der Waals surface area contributed by atoms with E-state index in [0.717, 1.165) is 12.8 Å². The fraction of sp³-hybridized carbons (Fsp3) is 0.421. The van der Waals surface area contributed by atoms with Gasteiger partial charge in [-0.05, 0) is 38.8 Å². The predicted molar refractivity (Wildman–Crippen MR) is 99.7 cm³/mol. The number of aromatic nitrogens is 2. The zero-order valence-electron chi connectivity index (χ0n) is 15.2. The Kier molecular flexibility index (Phi) is 5.08.